The molecule has 0 spiro atoms. The molecule has 1 aromatic carbocycles. The van der Waals surface area contributed by atoms with Crippen molar-refractivity contribution in [2.24, 2.45) is 5.73 Å². The molecule has 19 heavy (non-hydrogen) atoms. The highest BCUT2D eigenvalue weighted by molar-refractivity contribution is 7.09. The van der Waals surface area contributed by atoms with Crippen LogP contribution in [0.3, 0.4) is 0 Å². The van der Waals surface area contributed by atoms with E-state index in [1.165, 1.54) is 11.3 Å². The molecule has 96 valence electrons. The third-order valence-corrected chi connectivity index (χ3v) is 3.43. The van der Waals surface area contributed by atoms with Gasteiger partial charge in [-0.2, -0.15) is 0 Å². The van der Waals surface area contributed by atoms with Crippen LogP contribution in [0.4, 0.5) is 0 Å². The van der Waals surface area contributed by atoms with E-state index in [1.54, 1.807) is 5.38 Å². The summed E-state index contributed by atoms with van der Waals surface area (Å²) in [6.45, 7) is 3.62. The van der Waals surface area contributed by atoms with Gasteiger partial charge in [-0.3, -0.25) is 4.79 Å². The van der Waals surface area contributed by atoms with Gasteiger partial charge in [-0.1, -0.05) is 49.1 Å². The Morgan fingerprint density at radius 2 is 2.11 bits per heavy atom. The van der Waals surface area contributed by atoms with E-state index >= 15 is 0 Å². The summed E-state index contributed by atoms with van der Waals surface area (Å²) in [4.78, 5) is 15.3. The molecule has 2 N–H and O–H groups in total. The first kappa shape index (κ1) is 13.2. The molecule has 2 rings (SSSR count). The lowest BCUT2D eigenvalue weighted by atomic mass is 10.2. The van der Waals surface area contributed by atoms with Crippen LogP contribution in [-0.4, -0.2) is 10.9 Å². The van der Waals surface area contributed by atoms with Crippen molar-refractivity contribution < 1.29 is 4.79 Å². The maximum Gasteiger partial charge on any atom is 0.250 e. The first-order valence-electron chi connectivity index (χ1n) is 5.82. The second kappa shape index (κ2) is 6.11. The molecule has 0 aliphatic rings. The van der Waals surface area contributed by atoms with Crippen molar-refractivity contribution in [2.75, 3.05) is 0 Å². The van der Waals surface area contributed by atoms with Crippen LogP contribution >= 0.6 is 11.3 Å². The van der Waals surface area contributed by atoms with Gasteiger partial charge in [-0.15, -0.1) is 11.3 Å². The van der Waals surface area contributed by atoms with Crippen molar-refractivity contribution >= 4 is 28.9 Å². The molecule has 0 saturated heterocycles. The molecule has 1 amide bonds. The second-order valence-corrected chi connectivity index (χ2v) is 4.93. The molecular formula is C15H14N2OS. The van der Waals surface area contributed by atoms with Gasteiger partial charge in [-0.25, -0.2) is 4.98 Å². The Balaban J connectivity index is 1.99. The Kier molecular flexibility index (Phi) is 4.26. The molecule has 0 bridgehead atoms. The average Bonchev–Trinajstić information content (AvgIpc) is 2.88. The number of hydrogen-bond donors (Lipinski definition) is 1. The molecule has 0 fully saturated rings. The summed E-state index contributed by atoms with van der Waals surface area (Å²) in [5.41, 5.74) is 7.15. The summed E-state index contributed by atoms with van der Waals surface area (Å²) in [5.74, 6) is -0.531. The SMILES string of the molecule is C=C(C(N)=O)c1csc(CC=Cc2ccccc2)n1. The molecule has 0 aliphatic heterocycles. The first-order chi connectivity index (χ1) is 9.16. The van der Waals surface area contributed by atoms with Gasteiger partial charge >= 0.3 is 0 Å². The number of rotatable bonds is 5. The summed E-state index contributed by atoms with van der Waals surface area (Å²) >= 11 is 1.50. The van der Waals surface area contributed by atoms with Crippen LogP contribution in [0.1, 0.15) is 16.3 Å². The largest absolute Gasteiger partial charge is 0.366 e. The lowest BCUT2D eigenvalue weighted by molar-refractivity contribution is -0.112. The third-order valence-electron chi connectivity index (χ3n) is 2.56. The van der Waals surface area contributed by atoms with Gasteiger partial charge < -0.3 is 5.73 Å². The van der Waals surface area contributed by atoms with Crippen LogP contribution in [0.2, 0.25) is 0 Å². The molecule has 0 unspecified atom stereocenters. The van der Waals surface area contributed by atoms with Crippen molar-refractivity contribution in [3.63, 3.8) is 0 Å². The summed E-state index contributed by atoms with van der Waals surface area (Å²) in [6, 6.07) is 10.1. The monoisotopic (exact) mass is 270 g/mol. The van der Waals surface area contributed by atoms with Crippen LogP contribution in [0.25, 0.3) is 11.6 Å². The molecule has 0 atom stereocenters. The van der Waals surface area contributed by atoms with Gasteiger partial charge in [0.05, 0.1) is 16.3 Å². The molecule has 1 aromatic heterocycles. The van der Waals surface area contributed by atoms with E-state index in [-0.39, 0.29) is 5.57 Å². The molecule has 0 aliphatic carbocycles. The van der Waals surface area contributed by atoms with Gasteiger partial charge in [0.1, 0.15) is 0 Å². The van der Waals surface area contributed by atoms with E-state index in [2.05, 4.69) is 11.6 Å². The molecule has 1 heterocycles. The molecule has 0 saturated carbocycles. The fourth-order valence-corrected chi connectivity index (χ4v) is 2.32. The molecule has 0 radical (unpaired) electrons. The topological polar surface area (TPSA) is 56.0 Å². The predicted octanol–water partition coefficient (Wildman–Crippen LogP) is 2.90. The fraction of sp³-hybridized carbons (Fsp3) is 0.0667. The summed E-state index contributed by atoms with van der Waals surface area (Å²) in [5, 5.41) is 2.74. The van der Waals surface area contributed by atoms with Gasteiger partial charge in [0, 0.05) is 11.8 Å². The zero-order chi connectivity index (χ0) is 13.7. The number of allylic oxidation sites excluding steroid dienone is 1. The first-order valence-corrected chi connectivity index (χ1v) is 6.70. The number of benzene rings is 1. The van der Waals surface area contributed by atoms with Crippen molar-refractivity contribution in [1.82, 2.24) is 4.98 Å². The number of carbonyl (C=O) groups excluding carboxylic acids is 1. The van der Waals surface area contributed by atoms with E-state index in [0.29, 0.717) is 5.69 Å². The van der Waals surface area contributed by atoms with Crippen LogP contribution in [0.15, 0.2) is 48.4 Å². The van der Waals surface area contributed by atoms with Crippen molar-refractivity contribution in [1.29, 1.82) is 0 Å². The van der Waals surface area contributed by atoms with E-state index in [1.807, 2.05) is 42.5 Å². The zero-order valence-corrected chi connectivity index (χ0v) is 11.2. The van der Waals surface area contributed by atoms with Gasteiger partial charge in [0.2, 0.25) is 5.91 Å². The van der Waals surface area contributed by atoms with Crippen LogP contribution in [0, 0.1) is 0 Å². The fourth-order valence-electron chi connectivity index (χ4n) is 1.53. The highest BCUT2D eigenvalue weighted by Gasteiger charge is 2.08. The van der Waals surface area contributed by atoms with Crippen molar-refractivity contribution in [3.05, 3.63) is 64.6 Å². The number of thiazole rings is 1. The minimum atomic E-state index is -0.531. The Hall–Kier alpha value is -2.20. The molecular weight excluding hydrogens is 256 g/mol. The van der Waals surface area contributed by atoms with E-state index in [4.69, 9.17) is 5.73 Å². The maximum atomic E-state index is 11.0. The van der Waals surface area contributed by atoms with E-state index in [0.717, 1.165) is 17.0 Å². The van der Waals surface area contributed by atoms with Crippen molar-refractivity contribution in [3.8, 4) is 0 Å². The minimum absolute atomic E-state index is 0.259. The van der Waals surface area contributed by atoms with Crippen LogP contribution < -0.4 is 5.73 Å². The quantitative estimate of drug-likeness (QED) is 0.849. The van der Waals surface area contributed by atoms with Crippen molar-refractivity contribution in [2.45, 2.75) is 6.42 Å². The van der Waals surface area contributed by atoms with Gasteiger partial charge in [0.25, 0.3) is 0 Å². The Morgan fingerprint density at radius 1 is 1.37 bits per heavy atom. The maximum absolute atomic E-state index is 11.0. The summed E-state index contributed by atoms with van der Waals surface area (Å²) < 4.78 is 0. The van der Waals surface area contributed by atoms with E-state index in [9.17, 15) is 4.79 Å². The number of aromatic nitrogens is 1. The Labute approximate surface area is 116 Å². The zero-order valence-electron chi connectivity index (χ0n) is 10.4. The number of carbonyl (C=O) groups is 1. The lowest BCUT2D eigenvalue weighted by Gasteiger charge is -1.94. The number of nitrogens with zero attached hydrogens (tertiary/aromatic N) is 1. The number of amides is 1. The summed E-state index contributed by atoms with van der Waals surface area (Å²) in [7, 11) is 0. The normalized spacial score (nSPS) is 10.7. The Bertz CT molecular complexity index is 614. The van der Waals surface area contributed by atoms with Gasteiger partial charge in [-0.05, 0) is 5.56 Å². The van der Waals surface area contributed by atoms with E-state index < -0.39 is 5.91 Å². The molecule has 3 nitrogen and oxygen atoms in total. The lowest BCUT2D eigenvalue weighted by Crippen LogP contribution is -2.12. The smallest absolute Gasteiger partial charge is 0.250 e. The summed E-state index contributed by atoms with van der Waals surface area (Å²) in [6.07, 6.45) is 4.82. The number of primary amides is 1. The molecule has 4 heteroatoms. The number of hydrogen-bond acceptors (Lipinski definition) is 3. The third kappa shape index (κ3) is 3.63. The minimum Gasteiger partial charge on any atom is -0.366 e. The highest BCUT2D eigenvalue weighted by atomic mass is 32.1. The van der Waals surface area contributed by atoms with Crippen LogP contribution in [0.5, 0.6) is 0 Å². The highest BCUT2D eigenvalue weighted by Crippen LogP contribution is 2.17. The Morgan fingerprint density at radius 3 is 2.79 bits per heavy atom. The molecule has 2 aromatic rings. The number of nitrogens with two attached hydrogens (primary N) is 1. The van der Waals surface area contributed by atoms with Gasteiger partial charge in [0.15, 0.2) is 0 Å². The standard InChI is InChI=1S/C15H14N2OS/c1-11(15(16)18)13-10-19-14(17-13)9-5-8-12-6-3-2-4-7-12/h2-8,10H,1,9H2,(H2,16,18). The predicted molar refractivity (Wildman–Crippen MR) is 79.5 cm³/mol. The van der Waals surface area contributed by atoms with Crippen LogP contribution in [-0.2, 0) is 11.2 Å². The average molecular weight is 270 g/mol. The second-order valence-electron chi connectivity index (χ2n) is 3.99.